The second-order valence-electron chi connectivity index (χ2n) is 16.0. The van der Waals surface area contributed by atoms with Gasteiger partial charge in [0, 0.05) is 22.3 Å². The third-order valence-electron chi connectivity index (χ3n) is 12.0. The van der Waals surface area contributed by atoms with Gasteiger partial charge in [0.1, 0.15) is 23.0 Å². The highest BCUT2D eigenvalue weighted by Crippen LogP contribution is 2.56. The van der Waals surface area contributed by atoms with Crippen molar-refractivity contribution in [2.45, 2.75) is 18.8 Å². The molecular formula is C59H42O4. The second-order valence-corrected chi connectivity index (χ2v) is 16.0. The van der Waals surface area contributed by atoms with Gasteiger partial charge in [0.05, 0.1) is 5.41 Å². The summed E-state index contributed by atoms with van der Waals surface area (Å²) in [5.74, 6) is 2.63. The molecule has 0 fully saturated rings. The average Bonchev–Trinajstić information content (AvgIpc) is 3.64. The first-order chi connectivity index (χ1) is 30.9. The minimum absolute atomic E-state index is 0.0209. The molecule has 9 aromatic rings. The van der Waals surface area contributed by atoms with Gasteiger partial charge in [-0.15, -0.1) is 0 Å². The van der Waals surface area contributed by atoms with Gasteiger partial charge >= 0.3 is 0 Å². The van der Waals surface area contributed by atoms with Crippen molar-refractivity contribution in [3.05, 3.63) is 286 Å². The van der Waals surface area contributed by atoms with Crippen LogP contribution in [-0.2, 0) is 11.8 Å². The monoisotopic (exact) mass is 814 g/mol. The zero-order valence-electron chi connectivity index (χ0n) is 34.7. The van der Waals surface area contributed by atoms with E-state index in [9.17, 15) is 9.59 Å². The van der Waals surface area contributed by atoms with Crippen LogP contribution in [0, 0.1) is 6.92 Å². The lowest BCUT2D eigenvalue weighted by Crippen LogP contribution is -2.28. The van der Waals surface area contributed by atoms with Gasteiger partial charge in [-0.2, -0.15) is 0 Å². The van der Waals surface area contributed by atoms with Crippen LogP contribution in [-0.4, -0.2) is 11.6 Å². The number of ether oxygens (including phenoxy) is 2. The Kier molecular flexibility index (Phi) is 10.4. The molecule has 302 valence electrons. The van der Waals surface area contributed by atoms with Crippen molar-refractivity contribution >= 4 is 11.6 Å². The lowest BCUT2D eigenvalue weighted by atomic mass is 9.68. The van der Waals surface area contributed by atoms with Crippen molar-refractivity contribution in [2.75, 3.05) is 0 Å². The first kappa shape index (κ1) is 39.1. The van der Waals surface area contributed by atoms with Gasteiger partial charge in [-0.25, -0.2) is 0 Å². The van der Waals surface area contributed by atoms with E-state index >= 15 is 0 Å². The molecule has 0 amide bonds. The number of ketones is 2. The average molecular weight is 815 g/mol. The Morgan fingerprint density at radius 2 is 0.698 bits per heavy atom. The van der Waals surface area contributed by atoms with Crippen LogP contribution in [0.4, 0.5) is 0 Å². The van der Waals surface area contributed by atoms with Gasteiger partial charge in [-0.3, -0.25) is 9.59 Å². The molecule has 0 aliphatic heterocycles. The molecule has 0 radical (unpaired) electrons. The van der Waals surface area contributed by atoms with E-state index in [1.54, 1.807) is 0 Å². The van der Waals surface area contributed by atoms with Crippen LogP contribution in [0.3, 0.4) is 0 Å². The van der Waals surface area contributed by atoms with E-state index in [1.165, 1.54) is 27.8 Å². The smallest absolute Gasteiger partial charge is 0.193 e. The lowest BCUT2D eigenvalue weighted by molar-refractivity contribution is 0.103. The summed E-state index contributed by atoms with van der Waals surface area (Å²) in [5, 5.41) is 0. The Labute approximate surface area is 367 Å². The highest BCUT2D eigenvalue weighted by Gasteiger charge is 2.45. The normalized spacial score (nSPS) is 12.2. The Bertz CT molecular complexity index is 3010. The summed E-state index contributed by atoms with van der Waals surface area (Å²) in [6, 6.07) is 74.4. The van der Waals surface area contributed by atoms with Crippen LogP contribution >= 0.6 is 0 Å². The third-order valence-corrected chi connectivity index (χ3v) is 12.0. The SMILES string of the molecule is Cc1ccc(C(=O)c2ccc(Oc3ccc(C4(c5ccc(Oc6ccc(C(=O)c7ccc(Cc8ccccc8)cc7)cc6)cc5)c5ccccc5-c5ccccc54)cc3)cc2)cc1. The highest BCUT2D eigenvalue weighted by atomic mass is 16.5. The summed E-state index contributed by atoms with van der Waals surface area (Å²) in [6.07, 6.45) is 0.824. The van der Waals surface area contributed by atoms with Crippen molar-refractivity contribution < 1.29 is 19.1 Å². The molecule has 0 bridgehead atoms. The third kappa shape index (κ3) is 7.64. The van der Waals surface area contributed by atoms with Crippen molar-refractivity contribution in [3.63, 3.8) is 0 Å². The van der Waals surface area contributed by atoms with Crippen molar-refractivity contribution in [1.82, 2.24) is 0 Å². The van der Waals surface area contributed by atoms with E-state index in [2.05, 4.69) is 84.9 Å². The van der Waals surface area contributed by atoms with Gasteiger partial charge in [-0.05, 0) is 131 Å². The summed E-state index contributed by atoms with van der Waals surface area (Å²) in [4.78, 5) is 26.5. The van der Waals surface area contributed by atoms with E-state index in [-0.39, 0.29) is 11.6 Å². The fraction of sp³-hybridized carbons (Fsp3) is 0.0508. The van der Waals surface area contributed by atoms with Crippen LogP contribution in [0.2, 0.25) is 0 Å². The molecule has 0 atom stereocenters. The van der Waals surface area contributed by atoms with Gasteiger partial charge in [-0.1, -0.05) is 157 Å². The Morgan fingerprint density at radius 1 is 0.365 bits per heavy atom. The largest absolute Gasteiger partial charge is 0.457 e. The van der Waals surface area contributed by atoms with Gasteiger partial charge < -0.3 is 9.47 Å². The summed E-state index contributed by atoms with van der Waals surface area (Å²) in [5.41, 5.74) is 12.4. The molecule has 0 N–H and O–H groups in total. The van der Waals surface area contributed by atoms with Gasteiger partial charge in [0.2, 0.25) is 0 Å². The molecule has 4 nitrogen and oxygen atoms in total. The van der Waals surface area contributed by atoms with E-state index in [4.69, 9.17) is 9.47 Å². The number of rotatable bonds is 12. The standard InChI is InChI=1S/C59H42O4/c1-40-15-19-43(20-16-40)57(60)45-23-31-49(32-24-45)62-51-35-27-47(28-36-51)59(55-13-7-5-11-53(55)54-12-6-8-14-56(54)59)48-29-37-52(38-30-48)63-50-33-25-46(26-34-50)58(61)44-21-17-42(18-22-44)39-41-9-3-2-4-10-41/h2-38H,39H2,1H3. The molecule has 0 aromatic heterocycles. The summed E-state index contributed by atoms with van der Waals surface area (Å²) >= 11 is 0. The Hall–Kier alpha value is -8.08. The van der Waals surface area contributed by atoms with E-state index in [0.29, 0.717) is 45.3 Å². The number of benzene rings is 9. The molecule has 9 aromatic carbocycles. The number of hydrogen-bond acceptors (Lipinski definition) is 4. The molecule has 0 saturated carbocycles. The quantitative estimate of drug-likeness (QED) is 0.115. The predicted octanol–water partition coefficient (Wildman–Crippen LogP) is 14.0. The van der Waals surface area contributed by atoms with E-state index in [0.717, 1.165) is 28.7 Å². The van der Waals surface area contributed by atoms with Crippen LogP contribution in [0.1, 0.15) is 70.8 Å². The second kappa shape index (κ2) is 16.8. The molecule has 0 spiro atoms. The van der Waals surface area contributed by atoms with E-state index < -0.39 is 5.41 Å². The van der Waals surface area contributed by atoms with Crippen LogP contribution in [0.15, 0.2) is 224 Å². The molecule has 63 heavy (non-hydrogen) atoms. The van der Waals surface area contributed by atoms with Crippen LogP contribution in [0.25, 0.3) is 11.1 Å². The molecule has 0 saturated heterocycles. The van der Waals surface area contributed by atoms with Gasteiger partial charge in [0.15, 0.2) is 11.6 Å². The Morgan fingerprint density at radius 3 is 1.13 bits per heavy atom. The summed E-state index contributed by atoms with van der Waals surface area (Å²) in [6.45, 7) is 2.01. The number of carbonyl (C=O) groups excluding carboxylic acids is 2. The fourth-order valence-corrected chi connectivity index (χ4v) is 8.83. The maximum absolute atomic E-state index is 13.4. The predicted molar refractivity (Wildman–Crippen MR) is 251 cm³/mol. The number of hydrogen-bond donors (Lipinski definition) is 0. The fourth-order valence-electron chi connectivity index (χ4n) is 8.83. The molecule has 1 aliphatic rings. The maximum atomic E-state index is 13.4. The van der Waals surface area contributed by atoms with Gasteiger partial charge in [0.25, 0.3) is 0 Å². The minimum atomic E-state index is -0.607. The molecule has 10 rings (SSSR count). The maximum Gasteiger partial charge on any atom is 0.193 e. The number of fused-ring (bicyclic) bond motifs is 3. The molecule has 0 unspecified atom stereocenters. The van der Waals surface area contributed by atoms with Crippen LogP contribution < -0.4 is 9.47 Å². The zero-order chi connectivity index (χ0) is 42.8. The Balaban J connectivity index is 0.888. The minimum Gasteiger partial charge on any atom is -0.457 e. The molecule has 1 aliphatic carbocycles. The van der Waals surface area contributed by atoms with Crippen molar-refractivity contribution in [1.29, 1.82) is 0 Å². The van der Waals surface area contributed by atoms with Crippen LogP contribution in [0.5, 0.6) is 23.0 Å². The topological polar surface area (TPSA) is 52.6 Å². The van der Waals surface area contributed by atoms with Crippen molar-refractivity contribution in [2.24, 2.45) is 0 Å². The summed E-state index contributed by atoms with van der Waals surface area (Å²) < 4.78 is 12.7. The molecular weight excluding hydrogens is 773 g/mol. The first-order valence-electron chi connectivity index (χ1n) is 21.2. The molecule has 0 heterocycles. The van der Waals surface area contributed by atoms with E-state index in [1.807, 2.05) is 146 Å². The number of aryl methyl sites for hydroxylation is 1. The molecule has 4 heteroatoms. The first-order valence-corrected chi connectivity index (χ1v) is 21.2. The lowest BCUT2D eigenvalue weighted by Gasteiger charge is -2.34. The highest BCUT2D eigenvalue weighted by molar-refractivity contribution is 6.09. The van der Waals surface area contributed by atoms with Crippen molar-refractivity contribution in [3.8, 4) is 34.1 Å². The number of carbonyl (C=O) groups is 2. The summed E-state index contributed by atoms with van der Waals surface area (Å²) in [7, 11) is 0. The zero-order valence-corrected chi connectivity index (χ0v) is 34.7.